The number of nitrogens with one attached hydrogen (secondary N) is 1. The molecule has 0 atom stereocenters. The number of carbonyl (C=O) groups excluding carboxylic acids is 2. The van der Waals surface area contributed by atoms with Crippen LogP contribution in [-0.2, 0) is 4.79 Å². The second-order valence-corrected chi connectivity index (χ2v) is 6.46. The Bertz CT molecular complexity index is 544. The van der Waals surface area contributed by atoms with Crippen molar-refractivity contribution < 1.29 is 9.59 Å². The highest BCUT2D eigenvalue weighted by molar-refractivity contribution is 5.94. The molecule has 4 heteroatoms. The number of likely N-dealkylation sites (tertiary alicyclic amines) is 1. The molecule has 126 valence electrons. The third kappa shape index (κ3) is 4.57. The zero-order chi connectivity index (χ0) is 16.8. The monoisotopic (exact) mass is 316 g/mol. The van der Waals surface area contributed by atoms with Gasteiger partial charge in [0.25, 0.3) is 5.91 Å². The van der Waals surface area contributed by atoms with E-state index in [1.165, 1.54) is 0 Å². The van der Waals surface area contributed by atoms with Gasteiger partial charge in [-0.05, 0) is 44.7 Å². The lowest BCUT2D eigenvalue weighted by Gasteiger charge is -2.33. The maximum atomic E-state index is 12.5. The highest BCUT2D eigenvalue weighted by Gasteiger charge is 2.26. The lowest BCUT2D eigenvalue weighted by molar-refractivity contribution is -0.126. The highest BCUT2D eigenvalue weighted by atomic mass is 16.2. The van der Waals surface area contributed by atoms with E-state index >= 15 is 0 Å². The van der Waals surface area contributed by atoms with E-state index in [2.05, 4.69) is 19.2 Å². The van der Waals surface area contributed by atoms with Crippen LogP contribution in [0.2, 0.25) is 0 Å². The Morgan fingerprint density at radius 1 is 1.22 bits per heavy atom. The molecule has 1 N–H and O–H groups in total. The van der Waals surface area contributed by atoms with Crippen molar-refractivity contribution in [2.24, 2.45) is 5.92 Å². The summed E-state index contributed by atoms with van der Waals surface area (Å²) in [4.78, 5) is 26.6. The summed E-state index contributed by atoms with van der Waals surface area (Å²) in [7, 11) is 0. The summed E-state index contributed by atoms with van der Waals surface area (Å²) < 4.78 is 0. The van der Waals surface area contributed by atoms with Gasteiger partial charge in [-0.1, -0.05) is 31.5 Å². The van der Waals surface area contributed by atoms with Crippen LogP contribution in [0, 0.1) is 12.8 Å². The van der Waals surface area contributed by atoms with E-state index in [0.29, 0.717) is 13.1 Å². The number of benzene rings is 1. The SMILES string of the molecule is CCC(CC)C(=O)NC1CCN(C(=O)c2cccc(C)c2)CC1. The minimum absolute atomic E-state index is 0.0958. The number of nitrogens with zero attached hydrogens (tertiary/aromatic N) is 1. The molecule has 2 rings (SSSR count). The molecular formula is C19H28N2O2. The van der Waals surface area contributed by atoms with Crippen molar-refractivity contribution in [1.82, 2.24) is 10.2 Å². The molecule has 0 spiro atoms. The fourth-order valence-electron chi connectivity index (χ4n) is 3.17. The average Bonchev–Trinajstić information content (AvgIpc) is 2.56. The Morgan fingerprint density at radius 2 is 1.87 bits per heavy atom. The summed E-state index contributed by atoms with van der Waals surface area (Å²) in [6.07, 6.45) is 3.44. The normalized spacial score (nSPS) is 15.7. The van der Waals surface area contributed by atoms with E-state index in [1.54, 1.807) is 0 Å². The van der Waals surface area contributed by atoms with E-state index in [0.717, 1.165) is 36.8 Å². The van der Waals surface area contributed by atoms with Gasteiger partial charge in [0.2, 0.25) is 5.91 Å². The molecule has 1 aromatic rings. The maximum absolute atomic E-state index is 12.5. The Labute approximate surface area is 139 Å². The zero-order valence-electron chi connectivity index (χ0n) is 14.5. The Kier molecular flexibility index (Phi) is 6.20. The summed E-state index contributed by atoms with van der Waals surface area (Å²) >= 11 is 0. The van der Waals surface area contributed by atoms with Crippen molar-refractivity contribution in [2.75, 3.05) is 13.1 Å². The molecule has 0 unspecified atom stereocenters. The van der Waals surface area contributed by atoms with Gasteiger partial charge in [-0.3, -0.25) is 9.59 Å². The third-order valence-corrected chi connectivity index (χ3v) is 4.75. The van der Waals surface area contributed by atoms with Crippen molar-refractivity contribution in [1.29, 1.82) is 0 Å². The second kappa shape index (κ2) is 8.14. The van der Waals surface area contributed by atoms with Gasteiger partial charge in [0.1, 0.15) is 0 Å². The summed E-state index contributed by atoms with van der Waals surface area (Å²) in [5.41, 5.74) is 1.85. The van der Waals surface area contributed by atoms with Crippen molar-refractivity contribution in [3.63, 3.8) is 0 Å². The minimum atomic E-state index is 0.0958. The molecule has 4 nitrogen and oxygen atoms in total. The van der Waals surface area contributed by atoms with Crippen LogP contribution in [0.15, 0.2) is 24.3 Å². The number of carbonyl (C=O) groups is 2. The molecular weight excluding hydrogens is 288 g/mol. The third-order valence-electron chi connectivity index (χ3n) is 4.75. The molecule has 0 saturated carbocycles. The molecule has 0 radical (unpaired) electrons. The maximum Gasteiger partial charge on any atom is 0.253 e. The molecule has 23 heavy (non-hydrogen) atoms. The van der Waals surface area contributed by atoms with Gasteiger partial charge in [-0.15, -0.1) is 0 Å². The van der Waals surface area contributed by atoms with Crippen LogP contribution < -0.4 is 5.32 Å². The average molecular weight is 316 g/mol. The summed E-state index contributed by atoms with van der Waals surface area (Å²) in [6.45, 7) is 7.52. The smallest absolute Gasteiger partial charge is 0.253 e. The molecule has 1 fully saturated rings. The molecule has 1 aliphatic rings. The Hall–Kier alpha value is -1.84. The van der Waals surface area contributed by atoms with E-state index in [-0.39, 0.29) is 23.8 Å². The predicted molar refractivity (Wildman–Crippen MR) is 92.3 cm³/mol. The number of piperidine rings is 1. The molecule has 1 heterocycles. The van der Waals surface area contributed by atoms with Crippen LogP contribution in [0.25, 0.3) is 0 Å². The number of hydrogen-bond donors (Lipinski definition) is 1. The van der Waals surface area contributed by atoms with Crippen LogP contribution in [-0.4, -0.2) is 35.8 Å². The molecule has 0 aliphatic carbocycles. The number of rotatable bonds is 5. The van der Waals surface area contributed by atoms with Gasteiger partial charge < -0.3 is 10.2 Å². The van der Waals surface area contributed by atoms with Gasteiger partial charge in [0.15, 0.2) is 0 Å². The molecule has 0 bridgehead atoms. The Balaban J connectivity index is 1.86. The van der Waals surface area contributed by atoms with Crippen molar-refractivity contribution in [3.05, 3.63) is 35.4 Å². The summed E-state index contributed by atoms with van der Waals surface area (Å²) in [5, 5.41) is 3.15. The van der Waals surface area contributed by atoms with E-state index in [9.17, 15) is 9.59 Å². The first-order valence-corrected chi connectivity index (χ1v) is 8.71. The molecule has 1 aliphatic heterocycles. The molecule has 1 aromatic carbocycles. The first-order chi connectivity index (χ1) is 11.0. The lowest BCUT2D eigenvalue weighted by atomic mass is 9.99. The van der Waals surface area contributed by atoms with E-state index in [1.807, 2.05) is 36.1 Å². The topological polar surface area (TPSA) is 49.4 Å². The first kappa shape index (κ1) is 17.5. The van der Waals surface area contributed by atoms with Crippen molar-refractivity contribution >= 4 is 11.8 Å². The standard InChI is InChI=1S/C19H28N2O2/c1-4-15(5-2)18(22)20-17-9-11-21(12-10-17)19(23)16-8-6-7-14(3)13-16/h6-8,13,15,17H,4-5,9-12H2,1-3H3,(H,20,22). The van der Waals surface area contributed by atoms with E-state index < -0.39 is 0 Å². The van der Waals surface area contributed by atoms with Gasteiger partial charge >= 0.3 is 0 Å². The van der Waals surface area contributed by atoms with Gasteiger partial charge in [-0.25, -0.2) is 0 Å². The minimum Gasteiger partial charge on any atom is -0.353 e. The summed E-state index contributed by atoms with van der Waals surface area (Å²) in [6, 6.07) is 7.92. The second-order valence-electron chi connectivity index (χ2n) is 6.46. The van der Waals surface area contributed by atoms with Crippen LogP contribution in [0.4, 0.5) is 0 Å². The first-order valence-electron chi connectivity index (χ1n) is 8.71. The van der Waals surface area contributed by atoms with Crippen LogP contribution in [0.1, 0.15) is 55.5 Å². The highest BCUT2D eigenvalue weighted by Crippen LogP contribution is 2.16. The van der Waals surface area contributed by atoms with Crippen molar-refractivity contribution in [3.8, 4) is 0 Å². The van der Waals surface area contributed by atoms with Crippen LogP contribution in [0.5, 0.6) is 0 Å². The molecule has 2 amide bonds. The largest absolute Gasteiger partial charge is 0.353 e. The van der Waals surface area contributed by atoms with Gasteiger partial charge in [-0.2, -0.15) is 0 Å². The molecule has 1 saturated heterocycles. The fraction of sp³-hybridized carbons (Fsp3) is 0.579. The van der Waals surface area contributed by atoms with Gasteiger partial charge in [0.05, 0.1) is 0 Å². The predicted octanol–water partition coefficient (Wildman–Crippen LogP) is 3.15. The number of amides is 2. The van der Waals surface area contributed by atoms with Crippen molar-refractivity contribution in [2.45, 2.75) is 52.5 Å². The molecule has 0 aromatic heterocycles. The fourth-order valence-corrected chi connectivity index (χ4v) is 3.17. The van der Waals surface area contributed by atoms with E-state index in [4.69, 9.17) is 0 Å². The lowest BCUT2D eigenvalue weighted by Crippen LogP contribution is -2.47. The zero-order valence-corrected chi connectivity index (χ0v) is 14.5. The number of hydrogen-bond acceptors (Lipinski definition) is 2. The van der Waals surface area contributed by atoms with Crippen LogP contribution >= 0.6 is 0 Å². The Morgan fingerprint density at radius 3 is 2.43 bits per heavy atom. The van der Waals surface area contributed by atoms with Gasteiger partial charge in [0, 0.05) is 30.6 Å². The summed E-state index contributed by atoms with van der Waals surface area (Å²) in [5.74, 6) is 0.374. The number of aryl methyl sites for hydroxylation is 1. The van der Waals surface area contributed by atoms with Crippen LogP contribution in [0.3, 0.4) is 0 Å². The quantitative estimate of drug-likeness (QED) is 0.907.